The molecule has 4 nitrogen and oxygen atoms in total. The van der Waals surface area contributed by atoms with E-state index in [9.17, 15) is 4.79 Å². The Morgan fingerprint density at radius 1 is 1.53 bits per heavy atom. The number of aliphatic hydroxyl groups is 1. The fourth-order valence-electron chi connectivity index (χ4n) is 1.30. The number of carbonyl (C=O) groups is 1. The van der Waals surface area contributed by atoms with Crippen LogP contribution in [0.15, 0.2) is 23.1 Å². The van der Waals surface area contributed by atoms with Crippen LogP contribution in [0.2, 0.25) is 0 Å². The van der Waals surface area contributed by atoms with Crippen molar-refractivity contribution in [3.8, 4) is 0 Å². The van der Waals surface area contributed by atoms with Gasteiger partial charge < -0.3 is 15.6 Å². The second-order valence-corrected chi connectivity index (χ2v) is 4.50. The summed E-state index contributed by atoms with van der Waals surface area (Å²) >= 11 is 1.53. The molecule has 0 aliphatic rings. The molecular weight excluding hydrogens is 238 g/mol. The maximum Gasteiger partial charge on any atom is 0.340 e. The molecule has 0 atom stereocenters. The van der Waals surface area contributed by atoms with Crippen LogP contribution in [0.5, 0.6) is 0 Å². The summed E-state index contributed by atoms with van der Waals surface area (Å²) in [5.41, 5.74) is 6.77. The first-order chi connectivity index (χ1) is 8.20. The number of aliphatic hydroxyl groups excluding tert-OH is 1. The fraction of sp³-hybridized carbons (Fsp3) is 0.417. The van der Waals surface area contributed by atoms with Crippen LogP contribution in [-0.2, 0) is 4.74 Å². The minimum Gasteiger partial charge on any atom is -0.462 e. The third-order valence-corrected chi connectivity index (χ3v) is 3.28. The average Bonchev–Trinajstić information content (AvgIpc) is 2.32. The molecule has 0 saturated carbocycles. The van der Waals surface area contributed by atoms with Gasteiger partial charge in [-0.15, -0.1) is 11.8 Å². The Morgan fingerprint density at radius 3 is 2.94 bits per heavy atom. The molecule has 0 spiro atoms. The topological polar surface area (TPSA) is 72.5 Å². The van der Waals surface area contributed by atoms with E-state index < -0.39 is 5.97 Å². The molecule has 0 unspecified atom stereocenters. The third-order valence-electron chi connectivity index (χ3n) is 2.12. The highest BCUT2D eigenvalue weighted by Gasteiger charge is 2.13. The molecule has 0 bridgehead atoms. The second-order valence-electron chi connectivity index (χ2n) is 3.36. The molecule has 5 heteroatoms. The highest BCUT2D eigenvalue weighted by atomic mass is 32.2. The lowest BCUT2D eigenvalue weighted by Crippen LogP contribution is -2.08. The van der Waals surface area contributed by atoms with Gasteiger partial charge >= 0.3 is 5.97 Å². The first-order valence-electron chi connectivity index (χ1n) is 5.50. The fourth-order valence-corrected chi connectivity index (χ4v) is 2.24. The molecule has 0 aromatic heterocycles. The van der Waals surface area contributed by atoms with Crippen molar-refractivity contribution in [2.45, 2.75) is 18.2 Å². The molecular formula is C12H17NO3S. The van der Waals surface area contributed by atoms with Gasteiger partial charge in [-0.25, -0.2) is 4.79 Å². The summed E-state index contributed by atoms with van der Waals surface area (Å²) in [6.07, 6.45) is 0.702. The number of nitrogen functional groups attached to an aromatic ring is 1. The zero-order valence-corrected chi connectivity index (χ0v) is 10.6. The molecule has 0 heterocycles. The van der Waals surface area contributed by atoms with Gasteiger partial charge in [0.15, 0.2) is 0 Å². The molecule has 1 aromatic carbocycles. The number of ether oxygens (including phenoxy) is 1. The Kier molecular flexibility index (Phi) is 5.86. The summed E-state index contributed by atoms with van der Waals surface area (Å²) in [4.78, 5) is 12.4. The molecule has 0 radical (unpaired) electrons. The van der Waals surface area contributed by atoms with E-state index in [1.54, 1.807) is 19.1 Å². The summed E-state index contributed by atoms with van der Waals surface area (Å²) in [6, 6.07) is 5.30. The van der Waals surface area contributed by atoms with Crippen molar-refractivity contribution in [3.63, 3.8) is 0 Å². The van der Waals surface area contributed by atoms with E-state index in [0.717, 1.165) is 10.6 Å². The lowest BCUT2D eigenvalue weighted by molar-refractivity contribution is 0.0527. The van der Waals surface area contributed by atoms with Crippen molar-refractivity contribution in [1.82, 2.24) is 0 Å². The number of hydrogen-bond acceptors (Lipinski definition) is 5. The van der Waals surface area contributed by atoms with Crippen molar-refractivity contribution in [3.05, 3.63) is 23.8 Å². The van der Waals surface area contributed by atoms with E-state index in [0.29, 0.717) is 24.3 Å². The number of para-hydroxylation sites is 1. The molecule has 94 valence electrons. The summed E-state index contributed by atoms with van der Waals surface area (Å²) in [5, 5.41) is 8.71. The molecule has 0 fully saturated rings. The Bertz CT molecular complexity index is 382. The van der Waals surface area contributed by atoms with Crippen molar-refractivity contribution in [2.75, 3.05) is 24.7 Å². The van der Waals surface area contributed by atoms with Gasteiger partial charge in [0.25, 0.3) is 0 Å². The van der Waals surface area contributed by atoms with Crippen LogP contribution in [-0.4, -0.2) is 30.0 Å². The molecule has 17 heavy (non-hydrogen) atoms. The largest absolute Gasteiger partial charge is 0.462 e. The van der Waals surface area contributed by atoms with Gasteiger partial charge in [0.05, 0.1) is 17.9 Å². The predicted molar refractivity (Wildman–Crippen MR) is 69.2 cm³/mol. The van der Waals surface area contributed by atoms with Gasteiger partial charge in [-0.05, 0) is 25.5 Å². The van der Waals surface area contributed by atoms with Crippen molar-refractivity contribution >= 4 is 23.4 Å². The normalized spacial score (nSPS) is 10.2. The Hall–Kier alpha value is -1.20. The number of hydrogen-bond donors (Lipinski definition) is 2. The van der Waals surface area contributed by atoms with Crippen LogP contribution >= 0.6 is 11.8 Å². The monoisotopic (exact) mass is 255 g/mol. The van der Waals surface area contributed by atoms with Gasteiger partial charge in [0.1, 0.15) is 0 Å². The van der Waals surface area contributed by atoms with E-state index in [2.05, 4.69) is 0 Å². The van der Waals surface area contributed by atoms with Gasteiger partial charge in [-0.1, -0.05) is 6.07 Å². The van der Waals surface area contributed by atoms with Crippen LogP contribution in [0.25, 0.3) is 0 Å². The van der Waals surface area contributed by atoms with E-state index >= 15 is 0 Å². The van der Waals surface area contributed by atoms with Crippen molar-refractivity contribution in [1.29, 1.82) is 0 Å². The quantitative estimate of drug-likeness (QED) is 0.351. The Morgan fingerprint density at radius 2 is 2.29 bits per heavy atom. The number of rotatable bonds is 6. The lowest BCUT2D eigenvalue weighted by Gasteiger charge is -2.09. The lowest BCUT2D eigenvalue weighted by atomic mass is 10.2. The summed E-state index contributed by atoms with van der Waals surface area (Å²) in [5.74, 6) is 0.377. The molecule has 1 rings (SSSR count). The van der Waals surface area contributed by atoms with Gasteiger partial charge in [0.2, 0.25) is 0 Å². The smallest absolute Gasteiger partial charge is 0.340 e. The second kappa shape index (κ2) is 7.19. The maximum atomic E-state index is 11.6. The molecule has 1 aromatic rings. The number of esters is 1. The number of benzene rings is 1. The Balaban J connectivity index is 2.79. The van der Waals surface area contributed by atoms with E-state index in [1.807, 2.05) is 6.07 Å². The highest BCUT2D eigenvalue weighted by Crippen LogP contribution is 2.28. The van der Waals surface area contributed by atoms with Crippen LogP contribution in [0.1, 0.15) is 23.7 Å². The maximum absolute atomic E-state index is 11.6. The summed E-state index contributed by atoms with van der Waals surface area (Å²) in [7, 11) is 0. The van der Waals surface area contributed by atoms with E-state index in [4.69, 9.17) is 15.6 Å². The van der Waals surface area contributed by atoms with Crippen LogP contribution < -0.4 is 5.73 Å². The first kappa shape index (κ1) is 13.9. The van der Waals surface area contributed by atoms with Gasteiger partial charge in [0, 0.05) is 17.3 Å². The average molecular weight is 255 g/mol. The van der Waals surface area contributed by atoms with Gasteiger partial charge in [-0.3, -0.25) is 0 Å². The molecule has 0 amide bonds. The zero-order valence-electron chi connectivity index (χ0n) is 9.81. The Labute approximate surface area is 105 Å². The first-order valence-corrected chi connectivity index (χ1v) is 6.48. The van der Waals surface area contributed by atoms with E-state index in [1.165, 1.54) is 11.8 Å². The third kappa shape index (κ3) is 3.94. The standard InChI is InChI=1S/C12H17NO3S/c1-2-16-12(15)9-5-3-6-10(11(9)13)17-8-4-7-14/h3,5-6,14H,2,4,7-8,13H2,1H3. The number of nitrogens with two attached hydrogens (primary N) is 1. The van der Waals surface area contributed by atoms with Crippen LogP contribution in [0, 0.1) is 0 Å². The number of anilines is 1. The van der Waals surface area contributed by atoms with E-state index in [-0.39, 0.29) is 6.61 Å². The minimum atomic E-state index is -0.394. The molecule has 0 aliphatic heterocycles. The number of thioether (sulfide) groups is 1. The summed E-state index contributed by atoms with van der Waals surface area (Å²) < 4.78 is 4.92. The van der Waals surface area contributed by atoms with Crippen molar-refractivity contribution < 1.29 is 14.6 Å². The molecule has 0 aliphatic carbocycles. The van der Waals surface area contributed by atoms with Crippen LogP contribution in [0.3, 0.4) is 0 Å². The minimum absolute atomic E-state index is 0.157. The molecule has 3 N–H and O–H groups in total. The predicted octanol–water partition coefficient (Wildman–Crippen LogP) is 1.92. The molecule has 0 saturated heterocycles. The van der Waals surface area contributed by atoms with Crippen molar-refractivity contribution in [2.24, 2.45) is 0 Å². The zero-order chi connectivity index (χ0) is 12.7. The van der Waals surface area contributed by atoms with Crippen LogP contribution in [0.4, 0.5) is 5.69 Å². The summed E-state index contributed by atoms with van der Waals surface area (Å²) in [6.45, 7) is 2.25. The van der Waals surface area contributed by atoms with Gasteiger partial charge in [-0.2, -0.15) is 0 Å². The highest BCUT2D eigenvalue weighted by molar-refractivity contribution is 7.99. The SMILES string of the molecule is CCOC(=O)c1cccc(SCCCO)c1N. The number of carbonyl (C=O) groups excluding carboxylic acids is 1.